The molecule has 0 heterocycles. The van der Waals surface area contributed by atoms with Crippen molar-refractivity contribution >= 4 is 22.1 Å². The molecule has 1 aromatic rings. The average Bonchev–Trinajstić information content (AvgIpc) is 2.52. The van der Waals surface area contributed by atoms with E-state index in [9.17, 15) is 18.0 Å². The number of hydrogen-bond acceptors (Lipinski definition) is 5. The number of rotatable bonds is 9. The number of benzene rings is 1. The first-order chi connectivity index (χ1) is 10.8. The first kappa shape index (κ1) is 19.1. The molecule has 0 aliphatic heterocycles. The van der Waals surface area contributed by atoms with E-state index in [-0.39, 0.29) is 25.1 Å². The van der Waals surface area contributed by atoms with E-state index in [0.29, 0.717) is 12.0 Å². The summed E-state index contributed by atoms with van der Waals surface area (Å²) in [6.45, 7) is 0.129. The molecule has 128 valence electrons. The second kappa shape index (κ2) is 8.61. The largest absolute Gasteiger partial charge is 0.478 e. The highest BCUT2D eigenvalue weighted by atomic mass is 32.2. The molecular formula is C14H20N2O6S. The van der Waals surface area contributed by atoms with Gasteiger partial charge in [0.15, 0.2) is 0 Å². The molecule has 0 saturated heterocycles. The van der Waals surface area contributed by atoms with Crippen LogP contribution in [0.5, 0.6) is 0 Å². The standard InChI is InChI=1S/C14H20N2O6S/c1-16(9-7-13(17)22-2)23(20,21)15-8-6-11-4-3-5-12(10-11)14(18)19/h3-5,10,15H,6-9H2,1-2H3,(H,18,19). The average molecular weight is 344 g/mol. The summed E-state index contributed by atoms with van der Waals surface area (Å²) in [5.41, 5.74) is 0.866. The Morgan fingerprint density at radius 3 is 2.65 bits per heavy atom. The highest BCUT2D eigenvalue weighted by Crippen LogP contribution is 2.06. The summed E-state index contributed by atoms with van der Waals surface area (Å²) in [4.78, 5) is 21.9. The summed E-state index contributed by atoms with van der Waals surface area (Å²) in [6.07, 6.45) is 0.319. The van der Waals surface area contributed by atoms with Crippen molar-refractivity contribution in [3.8, 4) is 0 Å². The van der Waals surface area contributed by atoms with E-state index in [1.165, 1.54) is 26.3 Å². The van der Waals surface area contributed by atoms with Crippen molar-refractivity contribution in [1.82, 2.24) is 9.03 Å². The SMILES string of the molecule is COC(=O)CCN(C)S(=O)(=O)NCCc1cccc(C(=O)O)c1. The maximum atomic E-state index is 12.0. The molecule has 0 unspecified atom stereocenters. The number of carbonyl (C=O) groups excluding carboxylic acids is 1. The van der Waals surface area contributed by atoms with E-state index >= 15 is 0 Å². The fourth-order valence-corrected chi connectivity index (χ4v) is 2.68. The zero-order valence-corrected chi connectivity index (χ0v) is 13.8. The minimum Gasteiger partial charge on any atom is -0.478 e. The minimum atomic E-state index is -3.70. The second-order valence-corrected chi connectivity index (χ2v) is 6.66. The monoisotopic (exact) mass is 344 g/mol. The van der Waals surface area contributed by atoms with Gasteiger partial charge in [0.05, 0.1) is 19.1 Å². The third-order valence-corrected chi connectivity index (χ3v) is 4.71. The van der Waals surface area contributed by atoms with Crippen LogP contribution in [0.2, 0.25) is 0 Å². The van der Waals surface area contributed by atoms with Crippen molar-refractivity contribution in [2.45, 2.75) is 12.8 Å². The number of esters is 1. The lowest BCUT2D eigenvalue weighted by molar-refractivity contribution is -0.140. The Balaban J connectivity index is 2.51. The fraction of sp³-hybridized carbons (Fsp3) is 0.429. The number of nitrogens with one attached hydrogen (secondary N) is 1. The number of aromatic carboxylic acids is 1. The number of carboxylic acids is 1. The topological polar surface area (TPSA) is 113 Å². The Bertz CT molecular complexity index is 659. The summed E-state index contributed by atoms with van der Waals surface area (Å²) in [5.74, 6) is -1.52. The van der Waals surface area contributed by atoms with Crippen LogP contribution in [-0.2, 0) is 26.2 Å². The van der Waals surface area contributed by atoms with Gasteiger partial charge in [-0.1, -0.05) is 12.1 Å². The number of carbonyl (C=O) groups is 2. The Labute approximate surface area is 135 Å². The van der Waals surface area contributed by atoms with Crippen LogP contribution in [0.3, 0.4) is 0 Å². The third kappa shape index (κ3) is 6.35. The Kier molecular flexibility index (Phi) is 7.14. The zero-order valence-electron chi connectivity index (χ0n) is 13.0. The summed E-state index contributed by atoms with van der Waals surface area (Å²) < 4.78 is 31.8. The Hall–Kier alpha value is -1.97. The van der Waals surface area contributed by atoms with Gasteiger partial charge in [-0.05, 0) is 24.1 Å². The molecule has 1 rings (SSSR count). The lowest BCUT2D eigenvalue weighted by Gasteiger charge is -2.17. The Morgan fingerprint density at radius 1 is 1.35 bits per heavy atom. The first-order valence-electron chi connectivity index (χ1n) is 6.86. The van der Waals surface area contributed by atoms with Crippen molar-refractivity contribution in [2.75, 3.05) is 27.2 Å². The van der Waals surface area contributed by atoms with Crippen LogP contribution in [0.25, 0.3) is 0 Å². The molecule has 0 aliphatic rings. The molecule has 1 aromatic carbocycles. The van der Waals surface area contributed by atoms with Crippen molar-refractivity contribution in [2.24, 2.45) is 0 Å². The van der Waals surface area contributed by atoms with Gasteiger partial charge in [0.2, 0.25) is 0 Å². The van der Waals surface area contributed by atoms with Crippen LogP contribution in [0.4, 0.5) is 0 Å². The van der Waals surface area contributed by atoms with Crippen LogP contribution in [0.1, 0.15) is 22.3 Å². The molecule has 9 heteroatoms. The summed E-state index contributed by atoms with van der Waals surface area (Å²) in [6, 6.07) is 6.30. The summed E-state index contributed by atoms with van der Waals surface area (Å²) >= 11 is 0. The number of nitrogens with zero attached hydrogens (tertiary/aromatic N) is 1. The van der Waals surface area contributed by atoms with E-state index in [1.807, 2.05) is 0 Å². The Morgan fingerprint density at radius 2 is 2.04 bits per heavy atom. The van der Waals surface area contributed by atoms with Gasteiger partial charge < -0.3 is 9.84 Å². The van der Waals surface area contributed by atoms with E-state index in [0.717, 1.165) is 4.31 Å². The molecule has 0 saturated carbocycles. The van der Waals surface area contributed by atoms with Crippen LogP contribution >= 0.6 is 0 Å². The number of carboxylic acid groups (broad SMARTS) is 1. The van der Waals surface area contributed by atoms with Gasteiger partial charge >= 0.3 is 11.9 Å². The maximum absolute atomic E-state index is 12.0. The molecule has 0 fully saturated rings. The van der Waals surface area contributed by atoms with Crippen LogP contribution in [0.15, 0.2) is 24.3 Å². The van der Waals surface area contributed by atoms with Gasteiger partial charge in [-0.3, -0.25) is 4.79 Å². The van der Waals surface area contributed by atoms with Gasteiger partial charge in [-0.2, -0.15) is 12.7 Å². The predicted molar refractivity (Wildman–Crippen MR) is 83.3 cm³/mol. The predicted octanol–water partition coefficient (Wildman–Crippen LogP) is 0.257. The molecule has 0 radical (unpaired) electrons. The minimum absolute atomic E-state index is 0.0104. The fourth-order valence-electron chi connectivity index (χ4n) is 1.77. The molecule has 0 aromatic heterocycles. The number of ether oxygens (including phenoxy) is 1. The summed E-state index contributed by atoms with van der Waals surface area (Å²) in [5, 5.41) is 8.90. The van der Waals surface area contributed by atoms with E-state index in [1.54, 1.807) is 12.1 Å². The molecule has 0 spiro atoms. The quantitative estimate of drug-likeness (QED) is 0.621. The molecular weight excluding hydrogens is 324 g/mol. The van der Waals surface area contributed by atoms with Gasteiger partial charge in [0.1, 0.15) is 0 Å². The molecule has 23 heavy (non-hydrogen) atoms. The van der Waals surface area contributed by atoms with Gasteiger partial charge in [0.25, 0.3) is 10.2 Å². The smallest absolute Gasteiger partial charge is 0.335 e. The third-order valence-electron chi connectivity index (χ3n) is 3.14. The van der Waals surface area contributed by atoms with Crippen molar-refractivity contribution in [3.05, 3.63) is 35.4 Å². The normalized spacial score (nSPS) is 11.4. The van der Waals surface area contributed by atoms with Crippen LogP contribution < -0.4 is 4.72 Å². The molecule has 0 aliphatic carbocycles. The zero-order chi connectivity index (χ0) is 17.5. The van der Waals surface area contributed by atoms with E-state index < -0.39 is 22.1 Å². The van der Waals surface area contributed by atoms with Gasteiger partial charge in [0, 0.05) is 20.1 Å². The highest BCUT2D eigenvalue weighted by Gasteiger charge is 2.18. The van der Waals surface area contributed by atoms with Gasteiger partial charge in [-0.15, -0.1) is 0 Å². The number of methoxy groups -OCH3 is 1. The molecule has 2 N–H and O–H groups in total. The van der Waals surface area contributed by atoms with Gasteiger partial charge in [-0.25, -0.2) is 9.52 Å². The first-order valence-corrected chi connectivity index (χ1v) is 8.30. The second-order valence-electron chi connectivity index (χ2n) is 4.80. The maximum Gasteiger partial charge on any atom is 0.335 e. The number of hydrogen-bond donors (Lipinski definition) is 2. The lowest BCUT2D eigenvalue weighted by Crippen LogP contribution is -2.40. The molecule has 0 amide bonds. The van der Waals surface area contributed by atoms with Crippen molar-refractivity contribution in [1.29, 1.82) is 0 Å². The molecule has 0 atom stereocenters. The van der Waals surface area contributed by atoms with Crippen molar-refractivity contribution < 1.29 is 27.9 Å². The highest BCUT2D eigenvalue weighted by molar-refractivity contribution is 7.87. The van der Waals surface area contributed by atoms with Crippen LogP contribution in [0, 0.1) is 0 Å². The van der Waals surface area contributed by atoms with Crippen LogP contribution in [-0.4, -0.2) is 57.0 Å². The van der Waals surface area contributed by atoms with E-state index in [4.69, 9.17) is 5.11 Å². The molecule has 8 nitrogen and oxygen atoms in total. The molecule has 0 bridgehead atoms. The van der Waals surface area contributed by atoms with Crippen molar-refractivity contribution in [3.63, 3.8) is 0 Å². The van der Waals surface area contributed by atoms with E-state index in [2.05, 4.69) is 9.46 Å². The summed E-state index contributed by atoms with van der Waals surface area (Å²) in [7, 11) is -1.11. The lowest BCUT2D eigenvalue weighted by atomic mass is 10.1.